The highest BCUT2D eigenvalue weighted by atomic mass is 16.6. The Bertz CT molecular complexity index is 394. The van der Waals surface area contributed by atoms with Crippen molar-refractivity contribution in [3.05, 3.63) is 0 Å². The predicted octanol–water partition coefficient (Wildman–Crippen LogP) is 2.46. The minimum Gasteiger partial charge on any atom is -0.448 e. The maximum Gasteiger partial charge on any atom is 0.409 e. The first-order valence-corrected chi connectivity index (χ1v) is 10.2. The molecule has 0 aliphatic carbocycles. The molecule has 3 fully saturated rings. The van der Waals surface area contributed by atoms with E-state index in [1.165, 1.54) is 0 Å². The predicted molar refractivity (Wildman–Crippen MR) is 102 cm³/mol. The molecule has 3 heterocycles. The number of aliphatic hydroxyl groups excluding tert-OH is 1. The number of carbonyl (C=O) groups is 1. The van der Waals surface area contributed by atoms with Crippen molar-refractivity contribution in [3.63, 3.8) is 0 Å². The van der Waals surface area contributed by atoms with E-state index in [0.717, 1.165) is 45.3 Å². The van der Waals surface area contributed by atoms with Gasteiger partial charge in [0, 0.05) is 37.3 Å². The van der Waals surface area contributed by atoms with Gasteiger partial charge in [-0.1, -0.05) is 27.7 Å². The van der Waals surface area contributed by atoms with Crippen molar-refractivity contribution >= 4 is 6.09 Å². The number of nitrogens with zero attached hydrogens (tertiary/aromatic N) is 2. The number of piperazine rings is 1. The van der Waals surface area contributed by atoms with Crippen LogP contribution in [0.15, 0.2) is 0 Å². The first kappa shape index (κ1) is 22.2. The van der Waals surface area contributed by atoms with Crippen molar-refractivity contribution in [2.75, 3.05) is 39.4 Å². The Labute approximate surface area is 153 Å². The number of ether oxygens (including phenoxy) is 1. The molecule has 2 N–H and O–H groups in total. The van der Waals surface area contributed by atoms with E-state index >= 15 is 0 Å². The lowest BCUT2D eigenvalue weighted by molar-refractivity contribution is 0.0382. The van der Waals surface area contributed by atoms with Gasteiger partial charge in [-0.2, -0.15) is 0 Å². The Balaban J connectivity index is 0.000000730. The molecule has 3 aliphatic heterocycles. The van der Waals surface area contributed by atoms with Gasteiger partial charge < -0.3 is 20.1 Å². The Kier molecular flexibility index (Phi) is 9.75. The molecule has 1 amide bonds. The van der Waals surface area contributed by atoms with E-state index in [1.807, 2.05) is 27.7 Å². The molecule has 148 valence electrons. The summed E-state index contributed by atoms with van der Waals surface area (Å²) < 4.78 is 5.55. The lowest BCUT2D eigenvalue weighted by Gasteiger charge is -2.34. The molecule has 0 saturated carbocycles. The third-order valence-corrected chi connectivity index (χ3v) is 5.35. The number of rotatable bonds is 3. The van der Waals surface area contributed by atoms with Gasteiger partial charge >= 0.3 is 6.09 Å². The summed E-state index contributed by atoms with van der Waals surface area (Å²) in [5.74, 6) is 0. The second-order valence-electron chi connectivity index (χ2n) is 6.75. The van der Waals surface area contributed by atoms with Crippen molar-refractivity contribution in [2.24, 2.45) is 0 Å². The van der Waals surface area contributed by atoms with Gasteiger partial charge in [-0.25, -0.2) is 4.79 Å². The number of nitrogens with one attached hydrogen (secondary N) is 1. The van der Waals surface area contributed by atoms with Crippen LogP contribution in [-0.2, 0) is 4.74 Å². The maximum atomic E-state index is 12.1. The minimum absolute atomic E-state index is 0.0272. The van der Waals surface area contributed by atoms with Crippen molar-refractivity contribution < 1.29 is 14.6 Å². The lowest BCUT2D eigenvalue weighted by Crippen LogP contribution is -2.52. The van der Waals surface area contributed by atoms with Crippen LogP contribution in [0.2, 0.25) is 0 Å². The van der Waals surface area contributed by atoms with Crippen LogP contribution in [0.4, 0.5) is 4.79 Å². The van der Waals surface area contributed by atoms with Crippen LogP contribution in [0.3, 0.4) is 0 Å². The molecule has 3 saturated heterocycles. The Morgan fingerprint density at radius 1 is 1.24 bits per heavy atom. The van der Waals surface area contributed by atoms with E-state index < -0.39 is 0 Å². The third-order valence-electron chi connectivity index (χ3n) is 5.35. The van der Waals surface area contributed by atoms with E-state index in [-0.39, 0.29) is 24.3 Å². The molecule has 3 atom stereocenters. The van der Waals surface area contributed by atoms with Crippen LogP contribution in [-0.4, -0.2) is 78.0 Å². The molecule has 0 aromatic carbocycles. The van der Waals surface area contributed by atoms with Gasteiger partial charge in [-0.15, -0.1) is 0 Å². The molecular formula is C19H39N3O3. The fourth-order valence-electron chi connectivity index (χ4n) is 4.17. The quantitative estimate of drug-likeness (QED) is 0.812. The average molecular weight is 358 g/mol. The number of fused-ring (bicyclic) bond motifs is 1. The zero-order valence-electron chi connectivity index (χ0n) is 16.9. The van der Waals surface area contributed by atoms with Crippen LogP contribution >= 0.6 is 0 Å². The summed E-state index contributed by atoms with van der Waals surface area (Å²) in [5.41, 5.74) is -0.0272. The zero-order valence-corrected chi connectivity index (χ0v) is 16.9. The van der Waals surface area contributed by atoms with Crippen LogP contribution in [0, 0.1) is 0 Å². The lowest BCUT2D eigenvalue weighted by atomic mass is 9.95. The Hall–Kier alpha value is -0.850. The van der Waals surface area contributed by atoms with Gasteiger partial charge in [0.05, 0.1) is 6.61 Å². The summed E-state index contributed by atoms with van der Waals surface area (Å²) in [6.07, 6.45) is 4.07. The number of carbonyl (C=O) groups excluding carboxylic acids is 1. The van der Waals surface area contributed by atoms with Gasteiger partial charge in [0.2, 0.25) is 0 Å². The van der Waals surface area contributed by atoms with Crippen LogP contribution in [0.5, 0.6) is 0 Å². The largest absolute Gasteiger partial charge is 0.448 e. The number of aliphatic hydroxyl groups is 1. The molecule has 0 bridgehead atoms. The standard InChI is InChI=1S/C15H27N3O3.2C2H6/c1-12-9-17(8-6-16-12)14(20)21-10-13-3-5-15(11-19)4-2-7-18(13)15;2*1-2/h12-13,16,19H,2-11H2,1H3;2*1-2H3. The van der Waals surface area contributed by atoms with Gasteiger partial charge in [-0.05, 0) is 39.2 Å². The van der Waals surface area contributed by atoms with Crippen molar-refractivity contribution in [2.45, 2.75) is 77.9 Å². The van der Waals surface area contributed by atoms with Crippen LogP contribution in [0.25, 0.3) is 0 Å². The first-order valence-electron chi connectivity index (χ1n) is 10.2. The summed E-state index contributed by atoms with van der Waals surface area (Å²) in [4.78, 5) is 16.3. The Morgan fingerprint density at radius 2 is 1.96 bits per heavy atom. The van der Waals surface area contributed by atoms with Gasteiger partial charge in [0.1, 0.15) is 6.61 Å². The van der Waals surface area contributed by atoms with E-state index in [9.17, 15) is 9.90 Å². The van der Waals surface area contributed by atoms with Crippen LogP contribution in [0.1, 0.15) is 60.3 Å². The molecule has 3 rings (SSSR count). The molecular weight excluding hydrogens is 318 g/mol. The molecule has 3 aliphatic rings. The molecule has 6 heteroatoms. The monoisotopic (exact) mass is 357 g/mol. The second kappa shape index (κ2) is 11.0. The summed E-state index contributed by atoms with van der Waals surface area (Å²) in [7, 11) is 0. The fourth-order valence-corrected chi connectivity index (χ4v) is 4.17. The zero-order chi connectivity index (χ0) is 18.9. The Morgan fingerprint density at radius 3 is 2.60 bits per heavy atom. The number of amides is 1. The minimum atomic E-state index is -0.191. The molecule has 0 spiro atoms. The second-order valence-corrected chi connectivity index (χ2v) is 6.75. The van der Waals surface area contributed by atoms with Gasteiger partial charge in [0.25, 0.3) is 0 Å². The normalized spacial score (nSPS) is 31.4. The molecule has 25 heavy (non-hydrogen) atoms. The smallest absolute Gasteiger partial charge is 0.409 e. The maximum absolute atomic E-state index is 12.1. The topological polar surface area (TPSA) is 65.0 Å². The van der Waals surface area contributed by atoms with Crippen molar-refractivity contribution in [1.29, 1.82) is 0 Å². The molecule has 6 nitrogen and oxygen atoms in total. The highest BCUT2D eigenvalue weighted by molar-refractivity contribution is 5.67. The molecule has 0 radical (unpaired) electrons. The van der Waals surface area contributed by atoms with Gasteiger partial charge in [-0.3, -0.25) is 4.90 Å². The highest BCUT2D eigenvalue weighted by Crippen LogP contribution is 2.41. The van der Waals surface area contributed by atoms with E-state index in [0.29, 0.717) is 19.2 Å². The van der Waals surface area contributed by atoms with Crippen LogP contribution < -0.4 is 5.32 Å². The average Bonchev–Trinajstić information content (AvgIpc) is 3.23. The summed E-state index contributed by atoms with van der Waals surface area (Å²) in [6.45, 7) is 14.1. The molecule has 0 aromatic rings. The highest BCUT2D eigenvalue weighted by Gasteiger charge is 2.48. The summed E-state index contributed by atoms with van der Waals surface area (Å²) in [6, 6.07) is 0.613. The SMILES string of the molecule is CC.CC.CC1CN(C(=O)OCC2CCC3(CO)CCCN23)CCN1. The summed E-state index contributed by atoms with van der Waals surface area (Å²) >= 11 is 0. The number of hydrogen-bond donors (Lipinski definition) is 2. The fraction of sp³-hybridized carbons (Fsp3) is 0.947. The van der Waals surface area contributed by atoms with Gasteiger partial charge in [0.15, 0.2) is 0 Å². The van der Waals surface area contributed by atoms with E-state index in [1.54, 1.807) is 4.90 Å². The van der Waals surface area contributed by atoms with Crippen molar-refractivity contribution in [3.8, 4) is 0 Å². The molecule has 0 aromatic heterocycles. The van der Waals surface area contributed by atoms with Crippen molar-refractivity contribution in [1.82, 2.24) is 15.1 Å². The van der Waals surface area contributed by atoms with E-state index in [2.05, 4.69) is 17.1 Å². The van der Waals surface area contributed by atoms with E-state index in [4.69, 9.17) is 4.74 Å². The molecule has 3 unspecified atom stereocenters. The third kappa shape index (κ3) is 5.31. The first-order chi connectivity index (χ1) is 12.1. The summed E-state index contributed by atoms with van der Waals surface area (Å²) in [5, 5.41) is 13.0. The number of hydrogen-bond acceptors (Lipinski definition) is 5.